The Morgan fingerprint density at radius 2 is 0.961 bits per heavy atom. The molecule has 0 atom stereocenters. The van der Waals surface area contributed by atoms with Crippen LogP contribution in [0.15, 0.2) is 128 Å². The van der Waals surface area contributed by atoms with Crippen molar-refractivity contribution in [2.45, 2.75) is 108 Å². The molecule has 0 aromatic heterocycles. The van der Waals surface area contributed by atoms with Gasteiger partial charge in [-0.2, -0.15) is 10.2 Å². The van der Waals surface area contributed by atoms with Crippen molar-refractivity contribution in [3.63, 3.8) is 0 Å². The van der Waals surface area contributed by atoms with E-state index in [4.69, 9.17) is 24.4 Å². The molecule has 2 aliphatic carbocycles. The van der Waals surface area contributed by atoms with Gasteiger partial charge in [0.15, 0.2) is 10.2 Å². The molecular weight excluding hydrogens is 678 g/mol. The van der Waals surface area contributed by atoms with Crippen LogP contribution >= 0.6 is 24.4 Å². The van der Waals surface area contributed by atoms with Gasteiger partial charge in [-0.05, 0) is 150 Å². The average molecular weight is 739 g/mol. The zero-order valence-corrected chi connectivity index (χ0v) is 36.7. The number of rotatable bonds is 12. The van der Waals surface area contributed by atoms with Gasteiger partial charge in [-0.25, -0.2) is 0 Å². The first-order valence-electron chi connectivity index (χ1n) is 17.3. The fourth-order valence-electron chi connectivity index (χ4n) is 6.04. The number of nitrogens with one attached hydrogen (secondary N) is 3. The van der Waals surface area contributed by atoms with Crippen molar-refractivity contribution in [2.75, 3.05) is 0 Å². The van der Waals surface area contributed by atoms with Crippen molar-refractivity contribution in [3.05, 3.63) is 117 Å². The molecule has 0 amide bonds. The van der Waals surface area contributed by atoms with Crippen LogP contribution in [0.1, 0.15) is 108 Å². The molecule has 0 aliphatic heterocycles. The van der Waals surface area contributed by atoms with Crippen LogP contribution in [-0.4, -0.2) is 28.1 Å². The van der Waals surface area contributed by atoms with Gasteiger partial charge in [-0.3, -0.25) is 10.9 Å². The van der Waals surface area contributed by atoms with E-state index in [9.17, 15) is 0 Å². The molecule has 5 N–H and O–H groups in total. The summed E-state index contributed by atoms with van der Waals surface area (Å²) in [5.41, 5.74) is 16.6. The molecule has 272 valence electrons. The van der Waals surface area contributed by atoms with Crippen molar-refractivity contribution in [2.24, 2.45) is 21.0 Å². The second-order valence-electron chi connectivity index (χ2n) is 14.5. The molecule has 0 heterocycles. The van der Waals surface area contributed by atoms with E-state index in [0.717, 1.165) is 11.1 Å². The number of nitrogens with zero attached hydrogens (tertiary/aromatic N) is 2. The van der Waals surface area contributed by atoms with E-state index in [2.05, 4.69) is 130 Å². The number of hydrogen-bond donors (Lipinski definition) is 3. The molecule has 0 saturated carbocycles. The van der Waals surface area contributed by atoms with Gasteiger partial charge in [-0.1, -0.05) is 111 Å². The van der Waals surface area contributed by atoms with Crippen LogP contribution in [0.3, 0.4) is 0 Å². The van der Waals surface area contributed by atoms with Crippen LogP contribution < -0.4 is 45.7 Å². The SMILES string of the molecule is CC1=C(/C=C/C(C)=C/C=C/C(C)=C/C=N/NC(=S)NC(=S)N/N=C/C=C(C)/C=C/C=C(C)/C=C/C2=C(C)CCCC2(C)C)C(C)(C)CCC1.O.[Na+]. The molecule has 0 bridgehead atoms. The number of allylic oxidation sites excluding steroid dienone is 20. The minimum Gasteiger partial charge on any atom is -0.412 e. The molecule has 0 radical (unpaired) electrons. The largest absolute Gasteiger partial charge is 1.00 e. The first-order valence-corrected chi connectivity index (χ1v) is 18.2. The van der Waals surface area contributed by atoms with E-state index in [1.807, 2.05) is 38.2 Å². The maximum absolute atomic E-state index is 5.26. The van der Waals surface area contributed by atoms with E-state index in [1.54, 1.807) is 12.4 Å². The summed E-state index contributed by atoms with van der Waals surface area (Å²) in [5, 5.41) is 11.7. The molecule has 0 unspecified atom stereocenters. The van der Waals surface area contributed by atoms with Gasteiger partial charge in [0, 0.05) is 12.4 Å². The number of thiocarbonyl (C=S) groups is 2. The maximum atomic E-state index is 5.26. The Labute approximate surface area is 342 Å². The van der Waals surface area contributed by atoms with Crippen LogP contribution in [0, 0.1) is 10.8 Å². The van der Waals surface area contributed by atoms with E-state index in [-0.39, 0.29) is 56.1 Å². The van der Waals surface area contributed by atoms with Gasteiger partial charge in [0.1, 0.15) is 0 Å². The molecular formula is C42H61N5NaOS2+. The molecule has 6 nitrogen and oxygen atoms in total. The molecule has 0 aromatic carbocycles. The Hall–Kier alpha value is -2.72. The summed E-state index contributed by atoms with van der Waals surface area (Å²) in [6, 6.07) is 0. The fourth-order valence-corrected chi connectivity index (χ4v) is 6.41. The quantitative estimate of drug-likeness (QED) is 0.0633. The van der Waals surface area contributed by atoms with Gasteiger partial charge >= 0.3 is 29.6 Å². The van der Waals surface area contributed by atoms with E-state index < -0.39 is 0 Å². The van der Waals surface area contributed by atoms with Crippen LogP contribution in [0.25, 0.3) is 0 Å². The zero-order chi connectivity index (χ0) is 36.5. The summed E-state index contributed by atoms with van der Waals surface area (Å²) in [6.45, 7) is 22.2. The summed E-state index contributed by atoms with van der Waals surface area (Å²) in [6.07, 6.45) is 36.0. The molecule has 0 saturated heterocycles. The van der Waals surface area contributed by atoms with Crippen molar-refractivity contribution in [3.8, 4) is 0 Å². The van der Waals surface area contributed by atoms with E-state index in [1.165, 1.54) is 72.0 Å². The first kappa shape index (κ1) is 48.3. The van der Waals surface area contributed by atoms with Crippen LogP contribution in [0.5, 0.6) is 0 Å². The smallest absolute Gasteiger partial charge is 0.412 e. The van der Waals surface area contributed by atoms with Crippen molar-refractivity contribution >= 4 is 47.1 Å². The van der Waals surface area contributed by atoms with Gasteiger partial charge in [-0.15, -0.1) is 0 Å². The topological polar surface area (TPSA) is 92.3 Å². The Morgan fingerprint density at radius 1 is 0.608 bits per heavy atom. The predicted octanol–water partition coefficient (Wildman–Crippen LogP) is 7.54. The van der Waals surface area contributed by atoms with Crippen molar-refractivity contribution in [1.29, 1.82) is 0 Å². The Morgan fingerprint density at radius 3 is 1.31 bits per heavy atom. The third-order valence-corrected chi connectivity index (χ3v) is 9.32. The molecule has 0 spiro atoms. The van der Waals surface area contributed by atoms with Crippen LogP contribution in [-0.2, 0) is 0 Å². The molecule has 2 rings (SSSR count). The average Bonchev–Trinajstić information content (AvgIpc) is 3.00. The third kappa shape index (κ3) is 19.1. The predicted molar refractivity (Wildman–Crippen MR) is 227 cm³/mol. The van der Waals surface area contributed by atoms with Crippen LogP contribution in [0.4, 0.5) is 0 Å². The molecule has 51 heavy (non-hydrogen) atoms. The first-order chi connectivity index (χ1) is 23.1. The van der Waals surface area contributed by atoms with E-state index in [0.29, 0.717) is 0 Å². The van der Waals surface area contributed by atoms with Crippen molar-refractivity contribution in [1.82, 2.24) is 16.2 Å². The van der Waals surface area contributed by atoms with Crippen LogP contribution in [0.2, 0.25) is 0 Å². The zero-order valence-electron chi connectivity index (χ0n) is 33.0. The summed E-state index contributed by atoms with van der Waals surface area (Å²) in [4.78, 5) is 0. The van der Waals surface area contributed by atoms with Crippen molar-refractivity contribution < 1.29 is 35.0 Å². The van der Waals surface area contributed by atoms with Gasteiger partial charge in [0.2, 0.25) is 0 Å². The van der Waals surface area contributed by atoms with E-state index >= 15 is 0 Å². The summed E-state index contributed by atoms with van der Waals surface area (Å²) < 4.78 is 0. The molecule has 2 aliphatic rings. The van der Waals surface area contributed by atoms with Gasteiger partial charge < -0.3 is 10.8 Å². The molecule has 0 fully saturated rings. The molecule has 0 aromatic rings. The monoisotopic (exact) mass is 738 g/mol. The maximum Gasteiger partial charge on any atom is 1.00 e. The minimum absolute atomic E-state index is 0. The normalized spacial score (nSPS) is 19.1. The second kappa shape index (κ2) is 24.5. The number of hydrogen-bond acceptors (Lipinski definition) is 4. The summed E-state index contributed by atoms with van der Waals surface area (Å²) >= 11 is 10.5. The number of hydrazone groups is 2. The fraction of sp³-hybridized carbons (Fsp3) is 0.429. The Kier molecular flexibility index (Phi) is 23.2. The molecule has 9 heteroatoms. The van der Waals surface area contributed by atoms with Gasteiger partial charge in [0.05, 0.1) is 0 Å². The summed E-state index contributed by atoms with van der Waals surface area (Å²) in [5.74, 6) is 0. The minimum atomic E-state index is 0. The summed E-state index contributed by atoms with van der Waals surface area (Å²) in [7, 11) is 0. The van der Waals surface area contributed by atoms with Gasteiger partial charge in [0.25, 0.3) is 0 Å². The third-order valence-electron chi connectivity index (χ3n) is 8.93. The Bertz CT molecular complexity index is 1460. The second-order valence-corrected chi connectivity index (χ2v) is 15.3. The standard InChI is InChI=1S/C42H59N5S2.Na.H2O/c1-31(21-23-37-35(5)19-13-27-41(37,7)8)15-11-17-33(3)25-29-43-46-39(48)45-40(49)47-44-30-26-34(4)18-12-16-32(2)22-24-38-36(6)20-14-28-42(38,9)10;;/h11-12,15-18,21-26,29-30H,13-14,19-20,27-28H2,1-10H3,(H3,45,46,47,48,49);;1H2/q;+1;/b17-11+,18-12+,23-21+,24-22+,31-15+,32-16+,33-25+,34-26+,43-29+,44-30+;;. The Balaban J connectivity index is 0.0000125.